The van der Waals surface area contributed by atoms with Crippen LogP contribution < -0.4 is 4.74 Å². The Bertz CT molecular complexity index is 838. The van der Waals surface area contributed by atoms with Gasteiger partial charge in [0, 0.05) is 11.1 Å². The summed E-state index contributed by atoms with van der Waals surface area (Å²) in [4.78, 5) is 18.3. The van der Waals surface area contributed by atoms with Crippen molar-refractivity contribution < 1.29 is 18.7 Å². The number of esters is 1. The first-order valence-corrected chi connectivity index (χ1v) is 10.00. The first-order valence-electron chi connectivity index (χ1n) is 10.00. The maximum Gasteiger partial charge on any atom is 0.337 e. The molecule has 1 fully saturated rings. The summed E-state index contributed by atoms with van der Waals surface area (Å²) < 4.78 is 24.9. The fraction of sp³-hybridized carbons (Fsp3) is 0.478. The number of likely N-dealkylation sites (tertiary alicyclic amines) is 1. The van der Waals surface area contributed by atoms with Crippen LogP contribution in [0.25, 0.3) is 11.3 Å². The second-order valence-electron chi connectivity index (χ2n) is 8.48. The summed E-state index contributed by atoms with van der Waals surface area (Å²) in [6.45, 7) is 9.61. The van der Waals surface area contributed by atoms with Crippen molar-refractivity contribution >= 4 is 5.97 Å². The van der Waals surface area contributed by atoms with Crippen molar-refractivity contribution in [1.82, 2.24) is 9.88 Å². The fourth-order valence-corrected chi connectivity index (χ4v) is 3.58. The molecule has 6 heteroatoms. The number of aromatic nitrogens is 1. The Morgan fingerprint density at radius 3 is 2.48 bits per heavy atom. The number of pyridine rings is 1. The molecule has 1 aliphatic rings. The number of carbonyl (C=O) groups is 1. The van der Waals surface area contributed by atoms with Gasteiger partial charge < -0.3 is 9.47 Å². The van der Waals surface area contributed by atoms with Gasteiger partial charge in [0.05, 0.1) is 31.2 Å². The number of hydrogen-bond donors (Lipinski definition) is 0. The van der Waals surface area contributed by atoms with Crippen LogP contribution in [0.2, 0.25) is 0 Å². The predicted octanol–water partition coefficient (Wildman–Crippen LogP) is 4.56. The Morgan fingerprint density at radius 1 is 1.21 bits per heavy atom. The molecule has 1 saturated heterocycles. The van der Waals surface area contributed by atoms with E-state index in [-0.39, 0.29) is 11.1 Å². The Balaban J connectivity index is 1.57. The normalized spacial score (nSPS) is 15.9. The van der Waals surface area contributed by atoms with Crippen molar-refractivity contribution in [3.63, 3.8) is 0 Å². The summed E-state index contributed by atoms with van der Waals surface area (Å²) in [5.41, 5.74) is 1.21. The molecule has 29 heavy (non-hydrogen) atoms. The second kappa shape index (κ2) is 8.91. The molecular weight excluding hydrogens is 371 g/mol. The third kappa shape index (κ3) is 5.32. The lowest BCUT2D eigenvalue weighted by Gasteiger charge is -2.40. The molecule has 1 aliphatic heterocycles. The number of hydrogen-bond acceptors (Lipinski definition) is 5. The average molecular weight is 400 g/mol. The van der Waals surface area contributed by atoms with Gasteiger partial charge in [-0.15, -0.1) is 0 Å². The topological polar surface area (TPSA) is 51.7 Å². The Kier molecular flexibility index (Phi) is 6.52. The summed E-state index contributed by atoms with van der Waals surface area (Å²) in [7, 11) is 1.27. The highest BCUT2D eigenvalue weighted by Gasteiger charge is 2.27. The zero-order chi connectivity index (χ0) is 21.0. The molecular formula is C23H29FN2O3. The Morgan fingerprint density at radius 2 is 1.93 bits per heavy atom. The van der Waals surface area contributed by atoms with E-state index in [0.29, 0.717) is 29.5 Å². The van der Waals surface area contributed by atoms with Crippen molar-refractivity contribution in [1.29, 1.82) is 0 Å². The molecule has 2 aromatic rings. The SMILES string of the molecule is COC(=O)c1ccc(-c2ccc(OCC3CCN(C(C)(C)C)CC3)cn2)c(F)c1. The first-order chi connectivity index (χ1) is 13.8. The van der Waals surface area contributed by atoms with Gasteiger partial charge >= 0.3 is 5.97 Å². The van der Waals surface area contributed by atoms with Crippen molar-refractivity contribution in [3.8, 4) is 17.0 Å². The van der Waals surface area contributed by atoms with Crippen LogP contribution in [0.1, 0.15) is 44.0 Å². The van der Waals surface area contributed by atoms with Crippen molar-refractivity contribution in [2.24, 2.45) is 5.92 Å². The smallest absolute Gasteiger partial charge is 0.337 e. The van der Waals surface area contributed by atoms with Crippen LogP contribution in [0.15, 0.2) is 36.5 Å². The number of ether oxygens (including phenoxy) is 2. The fourth-order valence-electron chi connectivity index (χ4n) is 3.58. The third-order valence-corrected chi connectivity index (χ3v) is 5.45. The molecule has 0 bridgehead atoms. The number of nitrogens with zero attached hydrogens (tertiary/aromatic N) is 2. The van der Waals surface area contributed by atoms with Gasteiger partial charge in [-0.2, -0.15) is 0 Å². The summed E-state index contributed by atoms with van der Waals surface area (Å²) in [5.74, 6) is 0.135. The van der Waals surface area contributed by atoms with E-state index in [2.05, 4.69) is 35.4 Å². The molecule has 5 nitrogen and oxygen atoms in total. The zero-order valence-corrected chi connectivity index (χ0v) is 17.6. The van der Waals surface area contributed by atoms with Gasteiger partial charge in [0.2, 0.25) is 0 Å². The lowest BCUT2D eigenvalue weighted by molar-refractivity contribution is 0.0600. The highest BCUT2D eigenvalue weighted by molar-refractivity contribution is 5.90. The standard InChI is InChI=1S/C23H29FN2O3/c1-23(2,3)26-11-9-16(10-12-26)15-29-18-6-8-21(25-14-18)19-7-5-17(13-20(19)24)22(27)28-4/h5-8,13-14,16H,9-12,15H2,1-4H3. The van der Waals surface area contributed by atoms with Crippen molar-refractivity contribution in [2.45, 2.75) is 39.2 Å². The minimum Gasteiger partial charge on any atom is -0.492 e. The van der Waals surface area contributed by atoms with Crippen LogP contribution in [0.4, 0.5) is 4.39 Å². The molecule has 0 aliphatic carbocycles. The lowest BCUT2D eigenvalue weighted by atomic mass is 9.94. The van der Waals surface area contributed by atoms with E-state index in [0.717, 1.165) is 32.0 Å². The van der Waals surface area contributed by atoms with Gasteiger partial charge in [-0.05, 0) is 83.0 Å². The molecule has 2 heterocycles. The second-order valence-corrected chi connectivity index (χ2v) is 8.48. The van der Waals surface area contributed by atoms with Crippen LogP contribution in [-0.4, -0.2) is 48.2 Å². The third-order valence-electron chi connectivity index (χ3n) is 5.45. The highest BCUT2D eigenvalue weighted by atomic mass is 19.1. The summed E-state index contributed by atoms with van der Waals surface area (Å²) in [6.07, 6.45) is 3.87. The first kappa shape index (κ1) is 21.2. The molecule has 0 radical (unpaired) electrons. The van der Waals surface area contributed by atoms with E-state index in [9.17, 15) is 9.18 Å². The minimum atomic E-state index is -0.569. The summed E-state index contributed by atoms with van der Waals surface area (Å²) >= 11 is 0. The quantitative estimate of drug-likeness (QED) is 0.689. The maximum atomic E-state index is 14.4. The largest absolute Gasteiger partial charge is 0.492 e. The average Bonchev–Trinajstić information content (AvgIpc) is 2.71. The summed E-state index contributed by atoms with van der Waals surface area (Å²) in [5, 5.41) is 0. The molecule has 0 atom stereocenters. The monoisotopic (exact) mass is 400 g/mol. The van der Waals surface area contributed by atoms with Crippen molar-refractivity contribution in [2.75, 3.05) is 26.8 Å². The van der Waals surface area contributed by atoms with Gasteiger partial charge in [-0.25, -0.2) is 9.18 Å². The Labute approximate surface area is 171 Å². The number of benzene rings is 1. The van der Waals surface area contributed by atoms with E-state index in [1.807, 2.05) is 0 Å². The number of rotatable bonds is 5. The molecule has 156 valence electrons. The highest BCUT2D eigenvalue weighted by Crippen LogP contribution is 2.26. The van der Waals surface area contributed by atoms with Crippen molar-refractivity contribution in [3.05, 3.63) is 47.9 Å². The van der Waals surface area contributed by atoms with Gasteiger partial charge in [0.15, 0.2) is 0 Å². The van der Waals surface area contributed by atoms with Crippen LogP contribution in [0, 0.1) is 11.7 Å². The van der Waals surface area contributed by atoms with E-state index in [1.165, 1.54) is 19.2 Å². The number of halogens is 1. The molecule has 0 spiro atoms. The van der Waals surface area contributed by atoms with Crippen LogP contribution >= 0.6 is 0 Å². The van der Waals surface area contributed by atoms with Crippen LogP contribution in [-0.2, 0) is 4.74 Å². The molecule has 1 aromatic heterocycles. The van der Waals surface area contributed by atoms with E-state index >= 15 is 0 Å². The Hall–Kier alpha value is -2.47. The maximum absolute atomic E-state index is 14.4. The van der Waals surface area contributed by atoms with E-state index < -0.39 is 11.8 Å². The molecule has 0 amide bonds. The minimum absolute atomic E-state index is 0.172. The number of methoxy groups -OCH3 is 1. The van der Waals surface area contributed by atoms with Gasteiger partial charge in [-0.1, -0.05) is 0 Å². The van der Waals surface area contributed by atoms with Gasteiger partial charge in [0.25, 0.3) is 0 Å². The molecule has 0 unspecified atom stereocenters. The molecule has 1 aromatic carbocycles. The number of piperidine rings is 1. The van der Waals surface area contributed by atoms with E-state index in [4.69, 9.17) is 4.74 Å². The number of carbonyl (C=O) groups excluding carboxylic acids is 1. The molecule has 0 N–H and O–H groups in total. The molecule has 3 rings (SSSR count). The lowest BCUT2D eigenvalue weighted by Crippen LogP contribution is -2.46. The summed E-state index contributed by atoms with van der Waals surface area (Å²) in [6, 6.07) is 7.76. The predicted molar refractivity (Wildman–Crippen MR) is 111 cm³/mol. The zero-order valence-electron chi connectivity index (χ0n) is 17.6. The molecule has 0 saturated carbocycles. The van der Waals surface area contributed by atoms with Crippen LogP contribution in [0.5, 0.6) is 5.75 Å². The van der Waals surface area contributed by atoms with Gasteiger partial charge in [-0.3, -0.25) is 9.88 Å². The van der Waals surface area contributed by atoms with E-state index in [1.54, 1.807) is 18.3 Å². The van der Waals surface area contributed by atoms with Crippen LogP contribution in [0.3, 0.4) is 0 Å². The van der Waals surface area contributed by atoms with Gasteiger partial charge in [0.1, 0.15) is 11.6 Å².